The number of primary amides is 1. The fraction of sp³-hybridized carbons (Fsp3) is 0.278. The highest BCUT2D eigenvalue weighted by Crippen LogP contribution is 2.30. The van der Waals surface area contributed by atoms with E-state index < -0.39 is 5.91 Å². The van der Waals surface area contributed by atoms with Crippen molar-refractivity contribution in [2.45, 2.75) is 32.7 Å². The van der Waals surface area contributed by atoms with Crippen LogP contribution in [0.4, 0.5) is 0 Å². The number of rotatable bonds is 6. The van der Waals surface area contributed by atoms with E-state index in [2.05, 4.69) is 4.98 Å². The smallest absolute Gasteiger partial charge is 0.262 e. The summed E-state index contributed by atoms with van der Waals surface area (Å²) in [5.41, 5.74) is 7.05. The normalized spacial score (nSPS) is 11.0. The van der Waals surface area contributed by atoms with Crippen LogP contribution in [-0.4, -0.2) is 15.5 Å². The summed E-state index contributed by atoms with van der Waals surface area (Å²) < 4.78 is 1.61. The molecule has 0 spiro atoms. The molecule has 0 aliphatic carbocycles. The van der Waals surface area contributed by atoms with Crippen LogP contribution >= 0.6 is 11.3 Å². The molecule has 0 fully saturated rings. The molecule has 24 heavy (non-hydrogen) atoms. The van der Waals surface area contributed by atoms with Crippen LogP contribution in [0.1, 0.15) is 25.6 Å². The second-order valence-electron chi connectivity index (χ2n) is 5.65. The van der Waals surface area contributed by atoms with Gasteiger partial charge in [-0.1, -0.05) is 37.3 Å². The van der Waals surface area contributed by atoms with Gasteiger partial charge in [0.05, 0.1) is 5.39 Å². The number of aryl methyl sites for hydroxylation is 1. The Morgan fingerprint density at radius 3 is 2.71 bits per heavy atom. The third-order valence-electron chi connectivity index (χ3n) is 3.91. The Hall–Kier alpha value is -2.47. The average Bonchev–Trinajstić information content (AvgIpc) is 2.99. The van der Waals surface area contributed by atoms with Crippen LogP contribution in [-0.2, 0) is 17.8 Å². The largest absolute Gasteiger partial charge is 0.370 e. The van der Waals surface area contributed by atoms with Crippen LogP contribution in [0.3, 0.4) is 0 Å². The van der Waals surface area contributed by atoms with Gasteiger partial charge >= 0.3 is 0 Å². The first-order valence-corrected chi connectivity index (χ1v) is 8.84. The molecule has 0 unspecified atom stereocenters. The molecule has 2 aromatic heterocycles. The van der Waals surface area contributed by atoms with Gasteiger partial charge in [0.25, 0.3) is 5.56 Å². The van der Waals surface area contributed by atoms with Gasteiger partial charge in [-0.3, -0.25) is 14.2 Å². The number of benzene rings is 1. The van der Waals surface area contributed by atoms with Gasteiger partial charge in [-0.05, 0) is 12.0 Å². The Kier molecular flexibility index (Phi) is 4.76. The van der Waals surface area contributed by atoms with Crippen molar-refractivity contribution in [3.63, 3.8) is 0 Å². The highest BCUT2D eigenvalue weighted by molar-refractivity contribution is 7.17. The molecule has 2 N–H and O–H groups in total. The van der Waals surface area contributed by atoms with Crippen molar-refractivity contribution in [3.8, 4) is 11.1 Å². The maximum Gasteiger partial charge on any atom is 0.262 e. The van der Waals surface area contributed by atoms with Gasteiger partial charge in [-0.2, -0.15) is 0 Å². The minimum Gasteiger partial charge on any atom is -0.370 e. The molecule has 0 saturated heterocycles. The van der Waals surface area contributed by atoms with Gasteiger partial charge in [0.2, 0.25) is 5.91 Å². The van der Waals surface area contributed by atoms with E-state index in [0.29, 0.717) is 11.8 Å². The summed E-state index contributed by atoms with van der Waals surface area (Å²) in [5, 5.41) is 2.60. The average molecular weight is 341 g/mol. The highest BCUT2D eigenvalue weighted by Gasteiger charge is 2.16. The van der Waals surface area contributed by atoms with Crippen molar-refractivity contribution in [1.82, 2.24) is 9.55 Å². The van der Waals surface area contributed by atoms with Gasteiger partial charge in [-0.25, -0.2) is 4.98 Å². The minimum atomic E-state index is -0.418. The summed E-state index contributed by atoms with van der Waals surface area (Å²) in [6.07, 6.45) is 1.71. The summed E-state index contributed by atoms with van der Waals surface area (Å²) >= 11 is 1.48. The van der Waals surface area contributed by atoms with E-state index in [0.717, 1.165) is 28.2 Å². The van der Waals surface area contributed by atoms with Crippen molar-refractivity contribution in [2.24, 2.45) is 5.73 Å². The third-order valence-corrected chi connectivity index (χ3v) is 4.79. The Balaban J connectivity index is 2.20. The SMILES string of the molecule is CCCc1nc2scc(-c3ccccc3)c2c(=O)n1CCC(N)=O. The van der Waals surface area contributed by atoms with Crippen LogP contribution in [0.15, 0.2) is 40.5 Å². The molecule has 1 aromatic carbocycles. The fourth-order valence-electron chi connectivity index (χ4n) is 2.76. The molecule has 0 atom stereocenters. The predicted octanol–water partition coefficient (Wildman–Crippen LogP) is 2.95. The fourth-order valence-corrected chi connectivity index (χ4v) is 3.72. The van der Waals surface area contributed by atoms with Gasteiger partial charge in [-0.15, -0.1) is 11.3 Å². The molecule has 0 radical (unpaired) electrons. The second-order valence-corrected chi connectivity index (χ2v) is 6.50. The Labute approximate surface area is 143 Å². The molecule has 0 aliphatic heterocycles. The Morgan fingerprint density at radius 2 is 2.04 bits per heavy atom. The lowest BCUT2D eigenvalue weighted by atomic mass is 10.1. The Bertz CT molecular complexity index is 929. The maximum atomic E-state index is 13.1. The van der Waals surface area contributed by atoms with Crippen LogP contribution in [0.25, 0.3) is 21.3 Å². The quantitative estimate of drug-likeness (QED) is 0.749. The molecule has 1 amide bonds. The van der Waals surface area contributed by atoms with E-state index in [1.165, 1.54) is 11.3 Å². The molecule has 2 heterocycles. The molecule has 3 rings (SSSR count). The van der Waals surface area contributed by atoms with Gasteiger partial charge < -0.3 is 5.73 Å². The van der Waals surface area contributed by atoms with Crippen molar-refractivity contribution >= 4 is 27.5 Å². The monoisotopic (exact) mass is 341 g/mol. The standard InChI is InChI=1S/C18H19N3O2S/c1-2-6-15-20-17-16(18(23)21(15)10-9-14(19)22)13(11-24-17)12-7-4-3-5-8-12/h3-5,7-8,11H,2,6,9-10H2,1H3,(H2,19,22). The summed E-state index contributed by atoms with van der Waals surface area (Å²) in [6.45, 7) is 2.31. The molecular formula is C18H19N3O2S. The van der Waals surface area contributed by atoms with E-state index in [9.17, 15) is 9.59 Å². The number of nitrogens with two attached hydrogens (primary N) is 1. The predicted molar refractivity (Wildman–Crippen MR) is 97.1 cm³/mol. The van der Waals surface area contributed by atoms with E-state index in [1.807, 2.05) is 42.6 Å². The Morgan fingerprint density at radius 1 is 1.29 bits per heavy atom. The molecule has 3 aromatic rings. The highest BCUT2D eigenvalue weighted by atomic mass is 32.1. The summed E-state index contributed by atoms with van der Waals surface area (Å²) in [4.78, 5) is 29.6. The van der Waals surface area contributed by atoms with E-state index >= 15 is 0 Å². The first kappa shape index (κ1) is 16.4. The van der Waals surface area contributed by atoms with Crippen LogP contribution in [0, 0.1) is 0 Å². The number of fused-ring (bicyclic) bond motifs is 1. The van der Waals surface area contributed by atoms with Gasteiger partial charge in [0.1, 0.15) is 10.7 Å². The zero-order valence-corrected chi connectivity index (χ0v) is 14.3. The lowest BCUT2D eigenvalue weighted by molar-refractivity contribution is -0.118. The molecule has 5 nitrogen and oxygen atoms in total. The van der Waals surface area contributed by atoms with E-state index in [1.54, 1.807) is 4.57 Å². The number of thiophene rings is 1. The van der Waals surface area contributed by atoms with Gasteiger partial charge in [0.15, 0.2) is 0 Å². The van der Waals surface area contributed by atoms with Crippen molar-refractivity contribution in [1.29, 1.82) is 0 Å². The van der Waals surface area contributed by atoms with Crippen LogP contribution in [0.5, 0.6) is 0 Å². The molecule has 0 saturated carbocycles. The number of hydrogen-bond donors (Lipinski definition) is 1. The number of hydrogen-bond acceptors (Lipinski definition) is 4. The second kappa shape index (κ2) is 6.97. The number of carbonyl (C=O) groups is 1. The lowest BCUT2D eigenvalue weighted by Gasteiger charge is -2.11. The van der Waals surface area contributed by atoms with Crippen LogP contribution < -0.4 is 11.3 Å². The van der Waals surface area contributed by atoms with Gasteiger partial charge in [0, 0.05) is 30.3 Å². The third kappa shape index (κ3) is 3.10. The number of amides is 1. The zero-order valence-electron chi connectivity index (χ0n) is 13.5. The minimum absolute atomic E-state index is 0.0928. The lowest BCUT2D eigenvalue weighted by Crippen LogP contribution is -2.27. The van der Waals surface area contributed by atoms with Crippen molar-refractivity contribution in [3.05, 3.63) is 51.9 Å². The first-order chi connectivity index (χ1) is 11.6. The summed E-state index contributed by atoms with van der Waals surface area (Å²) in [5.74, 6) is 0.302. The molecule has 0 bridgehead atoms. The molecule has 124 valence electrons. The first-order valence-electron chi connectivity index (χ1n) is 7.96. The number of aromatic nitrogens is 2. The number of carbonyl (C=O) groups excluding carboxylic acids is 1. The molecular weight excluding hydrogens is 322 g/mol. The number of nitrogens with zero attached hydrogens (tertiary/aromatic N) is 2. The molecule has 6 heteroatoms. The zero-order chi connectivity index (χ0) is 17.1. The van der Waals surface area contributed by atoms with Crippen molar-refractivity contribution < 1.29 is 4.79 Å². The van der Waals surface area contributed by atoms with E-state index in [-0.39, 0.29) is 18.5 Å². The van der Waals surface area contributed by atoms with E-state index in [4.69, 9.17) is 5.73 Å². The topological polar surface area (TPSA) is 78.0 Å². The summed E-state index contributed by atoms with van der Waals surface area (Å²) in [7, 11) is 0. The summed E-state index contributed by atoms with van der Waals surface area (Å²) in [6, 6.07) is 9.80. The maximum absolute atomic E-state index is 13.1. The van der Waals surface area contributed by atoms with Crippen molar-refractivity contribution in [2.75, 3.05) is 0 Å². The van der Waals surface area contributed by atoms with Crippen LogP contribution in [0.2, 0.25) is 0 Å². The molecule has 0 aliphatic rings.